The third kappa shape index (κ3) is 4.54. The molecule has 1 heterocycles. The molecule has 0 aromatic carbocycles. The number of methoxy groups -OCH3 is 1. The monoisotopic (exact) mass is 359 g/mol. The topological polar surface area (TPSA) is 56.2 Å². The van der Waals surface area contributed by atoms with Crippen LogP contribution in [-0.2, 0) is 16.1 Å². The van der Waals surface area contributed by atoms with Gasteiger partial charge in [0.2, 0.25) is 0 Å². The normalized spacial score (nSPS) is 14.0. The molecule has 0 amide bonds. The van der Waals surface area contributed by atoms with E-state index in [0.717, 1.165) is 48.2 Å². The van der Waals surface area contributed by atoms with E-state index in [1.807, 2.05) is 25.5 Å². The molecular formula is C15H26BrN3O2. The molecular weight excluding hydrogens is 334 g/mol. The van der Waals surface area contributed by atoms with Gasteiger partial charge in [0.25, 0.3) is 0 Å². The van der Waals surface area contributed by atoms with E-state index in [1.54, 1.807) is 0 Å². The fourth-order valence-corrected chi connectivity index (χ4v) is 2.79. The minimum absolute atomic E-state index is 0.196. The van der Waals surface area contributed by atoms with Crippen molar-refractivity contribution in [3.8, 4) is 0 Å². The first-order valence-corrected chi connectivity index (χ1v) is 8.18. The van der Waals surface area contributed by atoms with Crippen LogP contribution in [0.1, 0.15) is 44.5 Å². The number of nitrogens with zero attached hydrogens (tertiary/aromatic N) is 2. The van der Waals surface area contributed by atoms with E-state index >= 15 is 0 Å². The summed E-state index contributed by atoms with van der Waals surface area (Å²) in [4.78, 5) is 11.9. The third-order valence-electron chi connectivity index (χ3n) is 3.79. The molecule has 1 aromatic rings. The Balaban J connectivity index is 2.51. The van der Waals surface area contributed by atoms with Gasteiger partial charge in [0.1, 0.15) is 5.54 Å². The Morgan fingerprint density at radius 2 is 2.10 bits per heavy atom. The smallest absolute Gasteiger partial charge is 0.325 e. The molecule has 120 valence electrons. The molecule has 1 aromatic heterocycles. The molecule has 1 unspecified atom stereocenters. The minimum atomic E-state index is -0.598. The highest BCUT2D eigenvalue weighted by Gasteiger charge is 2.32. The van der Waals surface area contributed by atoms with Gasteiger partial charge in [-0.2, -0.15) is 5.10 Å². The molecule has 0 saturated heterocycles. The summed E-state index contributed by atoms with van der Waals surface area (Å²) in [7, 11) is 1.44. The highest BCUT2D eigenvalue weighted by molar-refractivity contribution is 9.10. The number of hydrogen-bond donors (Lipinski definition) is 1. The fraction of sp³-hybridized carbons (Fsp3) is 0.733. The molecule has 0 spiro atoms. The zero-order valence-corrected chi connectivity index (χ0v) is 15.2. The lowest BCUT2D eigenvalue weighted by Crippen LogP contribution is -2.50. The number of esters is 1. The summed E-state index contributed by atoms with van der Waals surface area (Å²) >= 11 is 3.54. The maximum absolute atomic E-state index is 11.9. The predicted octanol–water partition coefficient (Wildman–Crippen LogP) is 2.97. The number of nitrogens with one attached hydrogen (secondary N) is 1. The first kappa shape index (κ1) is 18.2. The minimum Gasteiger partial charge on any atom is -0.468 e. The highest BCUT2D eigenvalue weighted by atomic mass is 79.9. The summed E-state index contributed by atoms with van der Waals surface area (Å²) in [6, 6.07) is 0. The molecule has 1 atom stereocenters. The van der Waals surface area contributed by atoms with Gasteiger partial charge in [-0.25, -0.2) is 0 Å². The van der Waals surface area contributed by atoms with Crippen molar-refractivity contribution in [1.82, 2.24) is 15.1 Å². The van der Waals surface area contributed by atoms with Crippen LogP contribution in [0.15, 0.2) is 4.47 Å². The molecule has 0 fully saturated rings. The Hall–Kier alpha value is -0.880. The summed E-state index contributed by atoms with van der Waals surface area (Å²) in [5.74, 6) is -0.196. The first-order valence-electron chi connectivity index (χ1n) is 7.38. The molecule has 0 aliphatic carbocycles. The molecule has 0 aliphatic rings. The third-order valence-corrected chi connectivity index (χ3v) is 4.94. The Labute approximate surface area is 135 Å². The molecule has 1 N–H and O–H groups in total. The lowest BCUT2D eigenvalue weighted by atomic mass is 9.94. The summed E-state index contributed by atoms with van der Waals surface area (Å²) in [6.07, 6.45) is 2.68. The van der Waals surface area contributed by atoms with E-state index in [4.69, 9.17) is 4.74 Å². The van der Waals surface area contributed by atoms with Crippen LogP contribution in [0.3, 0.4) is 0 Å². The van der Waals surface area contributed by atoms with E-state index in [-0.39, 0.29) is 5.97 Å². The summed E-state index contributed by atoms with van der Waals surface area (Å²) < 4.78 is 7.99. The Morgan fingerprint density at radius 3 is 2.57 bits per heavy atom. The maximum Gasteiger partial charge on any atom is 0.325 e. The summed E-state index contributed by atoms with van der Waals surface area (Å²) in [6.45, 7) is 9.56. The molecule has 6 heteroatoms. The van der Waals surface area contributed by atoms with E-state index in [1.165, 1.54) is 7.11 Å². The number of aromatic nitrogens is 2. The van der Waals surface area contributed by atoms with Gasteiger partial charge in [-0.15, -0.1) is 0 Å². The van der Waals surface area contributed by atoms with Crippen molar-refractivity contribution in [3.63, 3.8) is 0 Å². The Bertz CT molecular complexity index is 488. The number of halogens is 1. The second-order valence-electron chi connectivity index (χ2n) is 5.52. The van der Waals surface area contributed by atoms with Crippen LogP contribution >= 0.6 is 15.9 Å². The van der Waals surface area contributed by atoms with Gasteiger partial charge in [0, 0.05) is 12.2 Å². The van der Waals surface area contributed by atoms with E-state index in [9.17, 15) is 4.79 Å². The number of ether oxygens (including phenoxy) is 1. The van der Waals surface area contributed by atoms with Gasteiger partial charge in [-0.3, -0.25) is 9.48 Å². The van der Waals surface area contributed by atoms with Gasteiger partial charge >= 0.3 is 5.97 Å². The number of hydrogen-bond acceptors (Lipinski definition) is 4. The van der Waals surface area contributed by atoms with Crippen LogP contribution in [0.5, 0.6) is 0 Å². The molecule has 0 saturated carbocycles. The van der Waals surface area contributed by atoms with E-state index in [2.05, 4.69) is 33.3 Å². The number of carbonyl (C=O) groups excluding carboxylic acids is 1. The molecule has 5 nitrogen and oxygen atoms in total. The molecule has 0 radical (unpaired) electrons. The second kappa shape index (κ2) is 7.94. The Morgan fingerprint density at radius 1 is 1.43 bits per heavy atom. The molecule has 0 aliphatic heterocycles. The van der Waals surface area contributed by atoms with Gasteiger partial charge in [-0.05, 0) is 62.5 Å². The molecule has 1 rings (SSSR count). The van der Waals surface area contributed by atoms with Crippen LogP contribution in [0.25, 0.3) is 0 Å². The predicted molar refractivity (Wildman–Crippen MR) is 87.3 cm³/mol. The van der Waals surface area contributed by atoms with Crippen LogP contribution in [-0.4, -0.2) is 34.9 Å². The van der Waals surface area contributed by atoms with Crippen LogP contribution in [0.4, 0.5) is 0 Å². The van der Waals surface area contributed by atoms with E-state index in [0.29, 0.717) is 0 Å². The SMILES string of the molecule is CCNC(C)(CCCCn1nc(C)c(Br)c1C)C(=O)OC. The number of rotatable bonds is 8. The average molecular weight is 360 g/mol. The largest absolute Gasteiger partial charge is 0.468 e. The van der Waals surface area contributed by atoms with Crippen molar-refractivity contribution in [2.75, 3.05) is 13.7 Å². The van der Waals surface area contributed by atoms with Gasteiger partial charge in [0.15, 0.2) is 0 Å². The number of unbranched alkanes of at least 4 members (excludes halogenated alkanes) is 1. The number of aryl methyl sites for hydroxylation is 2. The van der Waals surface area contributed by atoms with Crippen molar-refractivity contribution in [2.45, 2.75) is 59.0 Å². The van der Waals surface area contributed by atoms with Crippen molar-refractivity contribution in [2.24, 2.45) is 0 Å². The fourth-order valence-electron chi connectivity index (χ4n) is 2.51. The van der Waals surface area contributed by atoms with Gasteiger partial charge in [0.05, 0.1) is 17.3 Å². The van der Waals surface area contributed by atoms with Crippen LogP contribution in [0, 0.1) is 13.8 Å². The zero-order chi connectivity index (χ0) is 16.0. The van der Waals surface area contributed by atoms with Crippen molar-refractivity contribution in [1.29, 1.82) is 0 Å². The lowest BCUT2D eigenvalue weighted by Gasteiger charge is -2.27. The van der Waals surface area contributed by atoms with Crippen LogP contribution < -0.4 is 5.32 Å². The van der Waals surface area contributed by atoms with Gasteiger partial charge < -0.3 is 10.1 Å². The maximum atomic E-state index is 11.9. The second-order valence-corrected chi connectivity index (χ2v) is 6.31. The average Bonchev–Trinajstić information content (AvgIpc) is 2.70. The van der Waals surface area contributed by atoms with Gasteiger partial charge in [-0.1, -0.05) is 6.92 Å². The number of carbonyl (C=O) groups is 1. The zero-order valence-electron chi connectivity index (χ0n) is 13.6. The quantitative estimate of drug-likeness (QED) is 0.572. The highest BCUT2D eigenvalue weighted by Crippen LogP contribution is 2.21. The Kier molecular flexibility index (Phi) is 6.87. The summed E-state index contributed by atoms with van der Waals surface area (Å²) in [5.41, 5.74) is 1.56. The molecule has 21 heavy (non-hydrogen) atoms. The van der Waals surface area contributed by atoms with Crippen molar-refractivity contribution >= 4 is 21.9 Å². The first-order chi connectivity index (χ1) is 9.85. The number of likely N-dealkylation sites (N-methyl/N-ethyl adjacent to an activating group) is 1. The van der Waals surface area contributed by atoms with Crippen molar-refractivity contribution in [3.05, 3.63) is 15.9 Å². The van der Waals surface area contributed by atoms with Crippen molar-refractivity contribution < 1.29 is 9.53 Å². The van der Waals surface area contributed by atoms with Crippen LogP contribution in [0.2, 0.25) is 0 Å². The van der Waals surface area contributed by atoms with E-state index < -0.39 is 5.54 Å². The summed E-state index contributed by atoms with van der Waals surface area (Å²) in [5, 5.41) is 7.72. The molecule has 0 bridgehead atoms. The lowest BCUT2D eigenvalue weighted by molar-refractivity contribution is -0.148. The standard InChI is InChI=1S/C15H26BrN3O2/c1-6-17-15(4,14(20)21-5)9-7-8-10-19-12(3)13(16)11(2)18-19/h17H,6-10H2,1-5H3.